The fraction of sp³-hybridized carbons (Fsp3) is 0.667. The highest BCUT2D eigenvalue weighted by Crippen LogP contribution is 2.35. The molecule has 0 atom stereocenters. The second-order valence-electron chi connectivity index (χ2n) is 4.94. The maximum absolute atomic E-state index is 11.9. The largest absolute Gasteiger partial charge is 0.377 e. The lowest BCUT2D eigenvalue weighted by molar-refractivity contribution is 0.306. The summed E-state index contributed by atoms with van der Waals surface area (Å²) in [4.78, 5) is 11.9. The zero-order valence-corrected chi connectivity index (χ0v) is 11.0. The zero-order valence-electron chi connectivity index (χ0n) is 10.3. The van der Waals surface area contributed by atoms with Crippen LogP contribution < -0.4 is 10.9 Å². The minimum Gasteiger partial charge on any atom is -0.377 e. The number of anilines is 1. The van der Waals surface area contributed by atoms with Gasteiger partial charge in [0, 0.05) is 12.1 Å². The molecular weight excluding hydrogens is 238 g/mol. The summed E-state index contributed by atoms with van der Waals surface area (Å²) in [7, 11) is 0. The third-order valence-corrected chi connectivity index (χ3v) is 3.68. The Bertz CT molecular complexity index is 465. The van der Waals surface area contributed by atoms with Crippen molar-refractivity contribution in [2.75, 3.05) is 5.32 Å². The topological polar surface area (TPSA) is 46.9 Å². The summed E-state index contributed by atoms with van der Waals surface area (Å²) in [6, 6.07) is 0. The summed E-state index contributed by atoms with van der Waals surface area (Å²) in [6.45, 7) is 4.75. The van der Waals surface area contributed by atoms with Crippen molar-refractivity contribution in [1.29, 1.82) is 0 Å². The summed E-state index contributed by atoms with van der Waals surface area (Å²) >= 11 is 6.09. The Morgan fingerprint density at radius 1 is 1.59 bits per heavy atom. The average molecular weight is 256 g/mol. The lowest BCUT2D eigenvalue weighted by Gasteiger charge is -2.40. The molecule has 1 aromatic heterocycles. The van der Waals surface area contributed by atoms with Crippen molar-refractivity contribution < 1.29 is 0 Å². The van der Waals surface area contributed by atoms with Crippen molar-refractivity contribution in [3.8, 4) is 0 Å². The number of nitrogens with one attached hydrogen (secondary N) is 1. The minimum absolute atomic E-state index is 0.0781. The molecule has 1 aliphatic carbocycles. The summed E-state index contributed by atoms with van der Waals surface area (Å²) in [5, 5.41) is 7.71. The SMILES string of the molecule is CCCn1ncc(NC2(C)CCC2)c(Cl)c1=O. The number of rotatable bonds is 4. The van der Waals surface area contributed by atoms with Gasteiger partial charge in [0.1, 0.15) is 5.02 Å². The standard InChI is InChI=1S/C12H18ClN3O/c1-3-7-16-11(17)10(13)9(8-14-16)15-12(2)5-4-6-12/h8,15H,3-7H2,1-2H3. The smallest absolute Gasteiger partial charge is 0.287 e. The molecule has 0 radical (unpaired) electrons. The van der Waals surface area contributed by atoms with Gasteiger partial charge in [-0.15, -0.1) is 0 Å². The molecule has 5 heteroatoms. The van der Waals surface area contributed by atoms with Crippen molar-refractivity contribution in [1.82, 2.24) is 9.78 Å². The van der Waals surface area contributed by atoms with Gasteiger partial charge in [-0.3, -0.25) is 4.79 Å². The minimum atomic E-state index is -0.207. The highest BCUT2D eigenvalue weighted by molar-refractivity contribution is 6.32. The van der Waals surface area contributed by atoms with E-state index in [1.807, 2.05) is 6.92 Å². The number of aromatic nitrogens is 2. The van der Waals surface area contributed by atoms with Crippen molar-refractivity contribution in [3.63, 3.8) is 0 Å². The Kier molecular flexibility index (Phi) is 3.43. The van der Waals surface area contributed by atoms with E-state index in [9.17, 15) is 4.79 Å². The van der Waals surface area contributed by atoms with Crippen LogP contribution in [0.4, 0.5) is 5.69 Å². The van der Waals surface area contributed by atoms with E-state index in [0.717, 1.165) is 19.3 Å². The fourth-order valence-corrected chi connectivity index (χ4v) is 2.27. The quantitative estimate of drug-likeness (QED) is 0.900. The summed E-state index contributed by atoms with van der Waals surface area (Å²) in [6.07, 6.45) is 5.97. The predicted molar refractivity (Wildman–Crippen MR) is 69.7 cm³/mol. The molecule has 1 aromatic rings. The molecule has 94 valence electrons. The molecule has 4 nitrogen and oxygen atoms in total. The summed E-state index contributed by atoms with van der Waals surface area (Å²) in [5.41, 5.74) is 0.530. The van der Waals surface area contributed by atoms with E-state index in [2.05, 4.69) is 17.3 Å². The van der Waals surface area contributed by atoms with Gasteiger partial charge in [-0.1, -0.05) is 18.5 Å². The molecule has 17 heavy (non-hydrogen) atoms. The van der Waals surface area contributed by atoms with E-state index in [1.54, 1.807) is 6.20 Å². The molecule has 1 heterocycles. The third-order valence-electron chi connectivity index (χ3n) is 3.31. The summed E-state index contributed by atoms with van der Waals surface area (Å²) < 4.78 is 1.41. The molecule has 1 saturated carbocycles. The Balaban J connectivity index is 2.24. The van der Waals surface area contributed by atoms with E-state index in [4.69, 9.17) is 11.6 Å². The number of hydrogen-bond acceptors (Lipinski definition) is 3. The van der Waals surface area contributed by atoms with Crippen LogP contribution in [0.15, 0.2) is 11.0 Å². The number of halogens is 1. The highest BCUT2D eigenvalue weighted by atomic mass is 35.5. The molecule has 0 saturated heterocycles. The normalized spacial score (nSPS) is 17.6. The Morgan fingerprint density at radius 2 is 2.29 bits per heavy atom. The average Bonchev–Trinajstić information content (AvgIpc) is 2.27. The van der Waals surface area contributed by atoms with Gasteiger partial charge in [-0.2, -0.15) is 5.10 Å². The van der Waals surface area contributed by atoms with E-state index >= 15 is 0 Å². The van der Waals surface area contributed by atoms with Crippen LogP contribution in [0.25, 0.3) is 0 Å². The van der Waals surface area contributed by atoms with Crippen LogP contribution in [0.5, 0.6) is 0 Å². The maximum atomic E-state index is 11.9. The van der Waals surface area contributed by atoms with Gasteiger partial charge in [0.05, 0.1) is 11.9 Å². The van der Waals surface area contributed by atoms with Gasteiger partial charge in [-0.05, 0) is 32.6 Å². The molecule has 1 fully saturated rings. The van der Waals surface area contributed by atoms with Crippen LogP contribution in [0.1, 0.15) is 39.5 Å². The first-order chi connectivity index (χ1) is 8.06. The molecule has 0 spiro atoms. The van der Waals surface area contributed by atoms with Crippen LogP contribution in [-0.2, 0) is 6.54 Å². The molecule has 0 aliphatic heterocycles. The second-order valence-corrected chi connectivity index (χ2v) is 5.32. The Morgan fingerprint density at radius 3 is 2.82 bits per heavy atom. The van der Waals surface area contributed by atoms with Crippen LogP contribution in [0.2, 0.25) is 5.02 Å². The van der Waals surface area contributed by atoms with Gasteiger partial charge < -0.3 is 5.32 Å². The zero-order chi connectivity index (χ0) is 12.5. The molecule has 0 aromatic carbocycles. The molecule has 2 rings (SSSR count). The molecule has 1 aliphatic rings. The number of nitrogens with zero attached hydrogens (tertiary/aromatic N) is 2. The Hall–Kier alpha value is -1.03. The monoisotopic (exact) mass is 255 g/mol. The highest BCUT2D eigenvalue weighted by Gasteiger charge is 2.32. The fourth-order valence-electron chi connectivity index (χ4n) is 2.08. The van der Waals surface area contributed by atoms with Gasteiger partial charge >= 0.3 is 0 Å². The second kappa shape index (κ2) is 4.69. The van der Waals surface area contributed by atoms with Gasteiger partial charge in [0.15, 0.2) is 0 Å². The molecule has 0 bridgehead atoms. The van der Waals surface area contributed by atoms with Crippen LogP contribution in [-0.4, -0.2) is 15.3 Å². The van der Waals surface area contributed by atoms with E-state index < -0.39 is 0 Å². The first kappa shape index (κ1) is 12.4. The van der Waals surface area contributed by atoms with Gasteiger partial charge in [-0.25, -0.2) is 4.68 Å². The van der Waals surface area contributed by atoms with Crippen molar-refractivity contribution in [2.45, 2.75) is 51.6 Å². The van der Waals surface area contributed by atoms with Crippen molar-refractivity contribution in [3.05, 3.63) is 21.6 Å². The maximum Gasteiger partial charge on any atom is 0.287 e. The Labute approximate surface area is 106 Å². The van der Waals surface area contributed by atoms with Gasteiger partial charge in [0.2, 0.25) is 0 Å². The number of aryl methyl sites for hydroxylation is 1. The lowest BCUT2D eigenvalue weighted by Crippen LogP contribution is -2.42. The van der Waals surface area contributed by atoms with E-state index in [1.165, 1.54) is 11.1 Å². The number of hydrogen-bond donors (Lipinski definition) is 1. The third kappa shape index (κ3) is 2.46. The van der Waals surface area contributed by atoms with E-state index in [-0.39, 0.29) is 16.1 Å². The van der Waals surface area contributed by atoms with Gasteiger partial charge in [0.25, 0.3) is 5.56 Å². The van der Waals surface area contributed by atoms with E-state index in [0.29, 0.717) is 12.2 Å². The van der Waals surface area contributed by atoms with Crippen molar-refractivity contribution in [2.24, 2.45) is 0 Å². The molecule has 0 amide bonds. The first-order valence-corrected chi connectivity index (χ1v) is 6.47. The lowest BCUT2D eigenvalue weighted by atomic mass is 9.78. The van der Waals surface area contributed by atoms with Crippen molar-refractivity contribution >= 4 is 17.3 Å². The molecule has 1 N–H and O–H groups in total. The molecule has 0 unspecified atom stereocenters. The van der Waals surface area contributed by atoms with Crippen LogP contribution in [0.3, 0.4) is 0 Å². The predicted octanol–water partition coefficient (Wildman–Crippen LogP) is 2.66. The summed E-state index contributed by atoms with van der Waals surface area (Å²) in [5.74, 6) is 0. The van der Waals surface area contributed by atoms with Crippen LogP contribution in [0, 0.1) is 0 Å². The first-order valence-electron chi connectivity index (χ1n) is 6.09. The molecular formula is C12H18ClN3O. The van der Waals surface area contributed by atoms with Crippen LogP contribution >= 0.6 is 11.6 Å².